The van der Waals surface area contributed by atoms with Crippen molar-refractivity contribution in [2.75, 3.05) is 7.11 Å². The fraction of sp³-hybridized carbons (Fsp3) is 0.0667. The van der Waals surface area contributed by atoms with E-state index in [1.165, 1.54) is 0 Å². The predicted octanol–water partition coefficient (Wildman–Crippen LogP) is 3.38. The van der Waals surface area contributed by atoms with E-state index < -0.39 is 0 Å². The van der Waals surface area contributed by atoms with Gasteiger partial charge < -0.3 is 9.15 Å². The average molecular weight is 250 g/mol. The molecule has 1 heterocycles. The van der Waals surface area contributed by atoms with E-state index >= 15 is 0 Å². The molecule has 0 aliphatic carbocycles. The molecule has 92 valence electrons. The van der Waals surface area contributed by atoms with Crippen LogP contribution in [0.3, 0.4) is 0 Å². The van der Waals surface area contributed by atoms with Crippen molar-refractivity contribution in [1.82, 2.24) is 4.98 Å². The Bertz CT molecular complexity index is 767. The van der Waals surface area contributed by atoms with Gasteiger partial charge in [0.25, 0.3) is 0 Å². The molecular weight excluding hydrogens is 240 g/mol. The second-order valence-electron chi connectivity index (χ2n) is 4.04. The summed E-state index contributed by atoms with van der Waals surface area (Å²) in [5, 5.41) is 8.86. The first kappa shape index (κ1) is 11.3. The van der Waals surface area contributed by atoms with Gasteiger partial charge in [0.1, 0.15) is 11.3 Å². The van der Waals surface area contributed by atoms with Gasteiger partial charge in [-0.25, -0.2) is 4.98 Å². The molecule has 0 saturated carbocycles. The first-order valence-corrected chi connectivity index (χ1v) is 5.75. The van der Waals surface area contributed by atoms with Gasteiger partial charge >= 0.3 is 0 Å². The fourth-order valence-electron chi connectivity index (χ4n) is 1.85. The summed E-state index contributed by atoms with van der Waals surface area (Å²) in [6.07, 6.45) is 0. The van der Waals surface area contributed by atoms with E-state index in [2.05, 4.69) is 11.1 Å². The summed E-state index contributed by atoms with van der Waals surface area (Å²) in [6.45, 7) is 0. The third kappa shape index (κ3) is 2.02. The smallest absolute Gasteiger partial charge is 0.227 e. The van der Waals surface area contributed by atoms with Crippen LogP contribution >= 0.6 is 0 Å². The molecule has 19 heavy (non-hydrogen) atoms. The van der Waals surface area contributed by atoms with Crippen molar-refractivity contribution in [1.29, 1.82) is 5.26 Å². The molecule has 3 aromatic rings. The molecule has 4 nitrogen and oxygen atoms in total. The zero-order valence-corrected chi connectivity index (χ0v) is 10.3. The maximum atomic E-state index is 8.86. The van der Waals surface area contributed by atoms with Crippen molar-refractivity contribution in [3.05, 3.63) is 48.0 Å². The van der Waals surface area contributed by atoms with Crippen LogP contribution in [0.25, 0.3) is 22.6 Å². The van der Waals surface area contributed by atoms with Crippen LogP contribution in [0.15, 0.2) is 46.9 Å². The number of ether oxygens (including phenoxy) is 1. The number of nitriles is 1. The molecule has 3 rings (SSSR count). The highest BCUT2D eigenvalue weighted by Crippen LogP contribution is 2.26. The molecule has 0 fully saturated rings. The summed E-state index contributed by atoms with van der Waals surface area (Å²) in [6, 6.07) is 14.7. The molecule has 0 saturated heterocycles. The Morgan fingerprint density at radius 3 is 2.63 bits per heavy atom. The monoisotopic (exact) mass is 250 g/mol. The number of hydrogen-bond acceptors (Lipinski definition) is 4. The number of benzene rings is 2. The number of rotatable bonds is 2. The quantitative estimate of drug-likeness (QED) is 0.699. The molecule has 0 atom stereocenters. The summed E-state index contributed by atoms with van der Waals surface area (Å²) < 4.78 is 10.8. The fourth-order valence-corrected chi connectivity index (χ4v) is 1.85. The molecular formula is C15H10N2O2. The minimum Gasteiger partial charge on any atom is -0.497 e. The number of hydrogen-bond donors (Lipinski definition) is 0. The molecule has 0 N–H and O–H groups in total. The Kier molecular flexibility index (Phi) is 2.66. The van der Waals surface area contributed by atoms with Crippen LogP contribution in [-0.4, -0.2) is 12.1 Å². The minimum absolute atomic E-state index is 0.535. The van der Waals surface area contributed by atoms with Gasteiger partial charge in [-0.2, -0.15) is 5.26 Å². The highest BCUT2D eigenvalue weighted by Gasteiger charge is 2.08. The Hall–Kier alpha value is -2.80. The largest absolute Gasteiger partial charge is 0.497 e. The number of oxazole rings is 1. The zero-order valence-electron chi connectivity index (χ0n) is 10.3. The normalized spacial score (nSPS) is 10.3. The van der Waals surface area contributed by atoms with Gasteiger partial charge in [0.2, 0.25) is 5.89 Å². The number of nitrogens with zero attached hydrogens (tertiary/aromatic N) is 2. The average Bonchev–Trinajstić information content (AvgIpc) is 2.90. The van der Waals surface area contributed by atoms with E-state index in [4.69, 9.17) is 14.4 Å². The first-order valence-electron chi connectivity index (χ1n) is 5.75. The van der Waals surface area contributed by atoms with Crippen LogP contribution in [-0.2, 0) is 0 Å². The van der Waals surface area contributed by atoms with E-state index in [1.54, 1.807) is 25.3 Å². The summed E-state index contributed by atoms with van der Waals surface area (Å²) in [7, 11) is 1.62. The van der Waals surface area contributed by atoms with E-state index in [0.29, 0.717) is 22.6 Å². The van der Waals surface area contributed by atoms with E-state index in [0.717, 1.165) is 11.3 Å². The molecule has 2 aromatic carbocycles. The lowest BCUT2D eigenvalue weighted by molar-refractivity contribution is 0.415. The van der Waals surface area contributed by atoms with Gasteiger partial charge in [-0.15, -0.1) is 0 Å². The number of methoxy groups -OCH3 is 1. The molecule has 0 bridgehead atoms. The standard InChI is InChI=1S/C15H10N2O2/c1-18-12-5-3-11(4-6-12)15-17-13-8-10(9-16)2-7-14(13)19-15/h2-8H,1H3. The van der Waals surface area contributed by atoms with Crippen LogP contribution in [0.1, 0.15) is 5.56 Å². The molecule has 0 spiro atoms. The van der Waals surface area contributed by atoms with E-state index in [-0.39, 0.29) is 0 Å². The van der Waals surface area contributed by atoms with E-state index in [9.17, 15) is 0 Å². The van der Waals surface area contributed by atoms with Crippen LogP contribution in [0.4, 0.5) is 0 Å². The Morgan fingerprint density at radius 1 is 1.16 bits per heavy atom. The lowest BCUT2D eigenvalue weighted by Gasteiger charge is -1.99. The maximum absolute atomic E-state index is 8.86. The second-order valence-corrected chi connectivity index (χ2v) is 4.04. The highest BCUT2D eigenvalue weighted by molar-refractivity contribution is 5.77. The van der Waals surface area contributed by atoms with Crippen molar-refractivity contribution >= 4 is 11.1 Å². The highest BCUT2D eigenvalue weighted by atomic mass is 16.5. The van der Waals surface area contributed by atoms with Crippen molar-refractivity contribution in [2.24, 2.45) is 0 Å². The summed E-state index contributed by atoms with van der Waals surface area (Å²) in [5.74, 6) is 1.32. The van der Waals surface area contributed by atoms with Gasteiger partial charge in [0, 0.05) is 5.56 Å². The van der Waals surface area contributed by atoms with Crippen LogP contribution in [0, 0.1) is 11.3 Å². The second kappa shape index (κ2) is 4.46. The van der Waals surface area contributed by atoms with Crippen molar-refractivity contribution < 1.29 is 9.15 Å². The van der Waals surface area contributed by atoms with Gasteiger partial charge in [-0.1, -0.05) is 0 Å². The first-order chi connectivity index (χ1) is 9.30. The Morgan fingerprint density at radius 2 is 1.95 bits per heavy atom. The lowest BCUT2D eigenvalue weighted by Crippen LogP contribution is -1.82. The zero-order chi connectivity index (χ0) is 13.2. The SMILES string of the molecule is COc1ccc(-c2nc3cc(C#N)ccc3o2)cc1. The van der Waals surface area contributed by atoms with Gasteiger partial charge in [0.05, 0.1) is 18.7 Å². The van der Waals surface area contributed by atoms with Crippen molar-refractivity contribution in [2.45, 2.75) is 0 Å². The summed E-state index contributed by atoms with van der Waals surface area (Å²) in [5.41, 5.74) is 2.80. The molecule has 4 heteroatoms. The minimum atomic E-state index is 0.535. The molecule has 0 aliphatic heterocycles. The van der Waals surface area contributed by atoms with Crippen LogP contribution in [0.2, 0.25) is 0 Å². The third-order valence-electron chi connectivity index (χ3n) is 2.85. The van der Waals surface area contributed by atoms with E-state index in [1.807, 2.05) is 24.3 Å². The van der Waals surface area contributed by atoms with Gasteiger partial charge in [0.15, 0.2) is 5.58 Å². The molecule has 0 amide bonds. The topological polar surface area (TPSA) is 59.0 Å². The molecule has 0 radical (unpaired) electrons. The van der Waals surface area contributed by atoms with Gasteiger partial charge in [-0.3, -0.25) is 0 Å². The van der Waals surface area contributed by atoms with Crippen LogP contribution < -0.4 is 4.74 Å². The number of fused-ring (bicyclic) bond motifs is 1. The maximum Gasteiger partial charge on any atom is 0.227 e. The van der Waals surface area contributed by atoms with Crippen molar-refractivity contribution in [3.63, 3.8) is 0 Å². The number of aromatic nitrogens is 1. The lowest BCUT2D eigenvalue weighted by atomic mass is 10.2. The van der Waals surface area contributed by atoms with Crippen LogP contribution in [0.5, 0.6) is 5.75 Å². The molecule has 1 aromatic heterocycles. The summed E-state index contributed by atoms with van der Waals surface area (Å²) >= 11 is 0. The Labute approximate surface area is 109 Å². The van der Waals surface area contributed by atoms with Gasteiger partial charge in [-0.05, 0) is 42.5 Å². The van der Waals surface area contributed by atoms with Crippen molar-refractivity contribution in [3.8, 4) is 23.3 Å². The molecule has 0 aliphatic rings. The predicted molar refractivity (Wildman–Crippen MR) is 70.7 cm³/mol. The third-order valence-corrected chi connectivity index (χ3v) is 2.85. The Balaban J connectivity index is 2.07. The summed E-state index contributed by atoms with van der Waals surface area (Å²) in [4.78, 5) is 4.39. The molecule has 0 unspecified atom stereocenters.